The van der Waals surface area contributed by atoms with E-state index in [4.69, 9.17) is 11.6 Å². The zero-order chi connectivity index (χ0) is 22.7. The highest BCUT2D eigenvalue weighted by atomic mass is 35.5. The molecular weight excluding hydrogens is 422 g/mol. The van der Waals surface area contributed by atoms with E-state index in [1.807, 2.05) is 23.9 Å². The molecular formula is C21H24ClN5O4. The number of amides is 2. The van der Waals surface area contributed by atoms with E-state index >= 15 is 0 Å². The number of anilines is 3. The third-order valence-corrected chi connectivity index (χ3v) is 5.42. The first-order valence-corrected chi connectivity index (χ1v) is 10.1. The van der Waals surface area contributed by atoms with Gasteiger partial charge in [0, 0.05) is 63.9 Å². The summed E-state index contributed by atoms with van der Waals surface area (Å²) in [5, 5.41) is 15.0. The Morgan fingerprint density at radius 2 is 1.77 bits per heavy atom. The lowest BCUT2D eigenvalue weighted by atomic mass is 10.1. The lowest BCUT2D eigenvalue weighted by molar-refractivity contribution is -0.384. The zero-order valence-electron chi connectivity index (χ0n) is 17.6. The molecule has 1 aliphatic rings. The fourth-order valence-electron chi connectivity index (χ4n) is 3.53. The Hall–Kier alpha value is -3.33. The highest BCUT2D eigenvalue weighted by molar-refractivity contribution is 6.31. The van der Waals surface area contributed by atoms with Crippen LogP contribution in [0, 0.1) is 10.1 Å². The van der Waals surface area contributed by atoms with Crippen molar-refractivity contribution >= 4 is 46.2 Å². The number of benzene rings is 2. The van der Waals surface area contributed by atoms with Crippen molar-refractivity contribution in [3.8, 4) is 0 Å². The van der Waals surface area contributed by atoms with Crippen molar-refractivity contribution < 1.29 is 14.5 Å². The number of piperazine rings is 1. The first-order valence-electron chi connectivity index (χ1n) is 9.74. The molecule has 10 heteroatoms. The molecule has 9 nitrogen and oxygen atoms in total. The van der Waals surface area contributed by atoms with Crippen LogP contribution in [0.1, 0.15) is 17.3 Å². The summed E-state index contributed by atoms with van der Waals surface area (Å²) in [6, 6.07) is 9.56. The van der Waals surface area contributed by atoms with Crippen molar-refractivity contribution in [2.45, 2.75) is 6.92 Å². The summed E-state index contributed by atoms with van der Waals surface area (Å²) in [5.74, 6) is -0.485. The molecule has 1 fully saturated rings. The summed E-state index contributed by atoms with van der Waals surface area (Å²) in [6.07, 6.45) is 0. The Bertz CT molecular complexity index is 1020. The molecule has 0 unspecified atom stereocenters. The summed E-state index contributed by atoms with van der Waals surface area (Å²) >= 11 is 6.07. The normalized spacial score (nSPS) is 13.7. The van der Waals surface area contributed by atoms with Crippen molar-refractivity contribution in [1.29, 1.82) is 0 Å². The van der Waals surface area contributed by atoms with Gasteiger partial charge in [0.25, 0.3) is 11.6 Å². The Morgan fingerprint density at radius 3 is 2.35 bits per heavy atom. The van der Waals surface area contributed by atoms with Crippen LogP contribution >= 0.6 is 11.6 Å². The maximum absolute atomic E-state index is 12.8. The third kappa shape index (κ3) is 5.05. The number of halogens is 1. The molecule has 1 aliphatic heterocycles. The van der Waals surface area contributed by atoms with Crippen LogP contribution in [0.15, 0.2) is 36.4 Å². The number of hydrogen-bond donors (Lipinski definition) is 1. The molecule has 0 saturated carbocycles. The second kappa shape index (κ2) is 9.22. The van der Waals surface area contributed by atoms with Crippen LogP contribution in [-0.4, -0.2) is 61.9 Å². The van der Waals surface area contributed by atoms with E-state index in [2.05, 4.69) is 5.32 Å². The zero-order valence-corrected chi connectivity index (χ0v) is 18.3. The average molecular weight is 446 g/mol. The molecule has 2 amide bonds. The Morgan fingerprint density at radius 1 is 1.10 bits per heavy atom. The van der Waals surface area contributed by atoms with E-state index in [1.165, 1.54) is 13.0 Å². The van der Waals surface area contributed by atoms with Crippen LogP contribution in [0.25, 0.3) is 0 Å². The van der Waals surface area contributed by atoms with Gasteiger partial charge < -0.3 is 20.0 Å². The fraction of sp³-hybridized carbons (Fsp3) is 0.333. The van der Waals surface area contributed by atoms with Gasteiger partial charge in [0.15, 0.2) is 0 Å². The molecule has 0 aromatic heterocycles. The number of hydrogen-bond acceptors (Lipinski definition) is 6. The summed E-state index contributed by atoms with van der Waals surface area (Å²) in [5.41, 5.74) is 1.72. The maximum Gasteiger partial charge on any atom is 0.293 e. The van der Waals surface area contributed by atoms with Crippen LogP contribution in [0.2, 0.25) is 5.02 Å². The van der Waals surface area contributed by atoms with E-state index in [0.717, 1.165) is 5.69 Å². The van der Waals surface area contributed by atoms with Gasteiger partial charge in [-0.25, -0.2) is 0 Å². The topological polar surface area (TPSA) is 99.0 Å². The van der Waals surface area contributed by atoms with Crippen LogP contribution in [0.3, 0.4) is 0 Å². The number of nitrogens with zero attached hydrogens (tertiary/aromatic N) is 4. The summed E-state index contributed by atoms with van der Waals surface area (Å²) in [7, 11) is 3.68. The third-order valence-electron chi connectivity index (χ3n) is 5.19. The molecule has 1 heterocycles. The smallest absolute Gasteiger partial charge is 0.293 e. The van der Waals surface area contributed by atoms with E-state index < -0.39 is 10.8 Å². The first kappa shape index (κ1) is 22.4. The van der Waals surface area contributed by atoms with Crippen LogP contribution in [0.5, 0.6) is 0 Å². The van der Waals surface area contributed by atoms with Crippen molar-refractivity contribution in [2.75, 3.05) is 55.4 Å². The van der Waals surface area contributed by atoms with Gasteiger partial charge in [-0.05, 0) is 30.3 Å². The highest BCUT2D eigenvalue weighted by Gasteiger charge is 2.26. The lowest BCUT2D eigenvalue weighted by Gasteiger charge is -2.35. The standard InChI is InChI=1S/C21H24ClN5O4/c1-14(28)25-8-10-26(11-9-25)19-6-4-15(12-20(19)27(30)31)21(29)23-17-13-16(22)5-7-18(17)24(2)3/h4-7,12-13H,8-11H2,1-3H3,(H,23,29). The molecule has 31 heavy (non-hydrogen) atoms. The van der Waals surface area contributed by atoms with Crippen LogP contribution in [-0.2, 0) is 4.79 Å². The second-order valence-corrected chi connectivity index (χ2v) is 7.90. The predicted molar refractivity (Wildman–Crippen MR) is 121 cm³/mol. The minimum atomic E-state index is -0.492. The molecule has 0 spiro atoms. The number of nitrogens with one attached hydrogen (secondary N) is 1. The van der Waals surface area contributed by atoms with Gasteiger partial charge in [0.2, 0.25) is 5.91 Å². The molecule has 0 atom stereocenters. The molecule has 164 valence electrons. The molecule has 0 bridgehead atoms. The SMILES string of the molecule is CC(=O)N1CCN(c2ccc(C(=O)Nc3cc(Cl)ccc3N(C)C)cc2[N+](=O)[O-])CC1. The van der Waals surface area contributed by atoms with E-state index in [-0.39, 0.29) is 17.2 Å². The van der Waals surface area contributed by atoms with Gasteiger partial charge in [-0.3, -0.25) is 19.7 Å². The molecule has 0 aliphatic carbocycles. The number of nitro benzene ring substituents is 1. The van der Waals surface area contributed by atoms with Gasteiger partial charge in [-0.2, -0.15) is 0 Å². The monoisotopic (exact) mass is 445 g/mol. The average Bonchev–Trinajstić information content (AvgIpc) is 2.73. The first-order chi connectivity index (χ1) is 14.7. The Balaban J connectivity index is 1.85. The van der Waals surface area contributed by atoms with Gasteiger partial charge in [0.1, 0.15) is 5.69 Å². The number of carbonyl (C=O) groups is 2. The minimum Gasteiger partial charge on any atom is -0.376 e. The lowest BCUT2D eigenvalue weighted by Crippen LogP contribution is -2.48. The molecule has 2 aromatic rings. The van der Waals surface area contributed by atoms with Gasteiger partial charge in [-0.15, -0.1) is 0 Å². The number of nitro groups is 1. The molecule has 2 aromatic carbocycles. The van der Waals surface area contributed by atoms with Crippen LogP contribution in [0.4, 0.5) is 22.7 Å². The summed E-state index contributed by atoms with van der Waals surface area (Å²) in [6.45, 7) is 3.47. The quantitative estimate of drug-likeness (QED) is 0.560. The largest absolute Gasteiger partial charge is 0.376 e. The van der Waals surface area contributed by atoms with E-state index in [9.17, 15) is 19.7 Å². The van der Waals surface area contributed by atoms with Crippen molar-refractivity contribution in [3.05, 3.63) is 57.1 Å². The van der Waals surface area contributed by atoms with E-state index in [0.29, 0.717) is 42.6 Å². The van der Waals surface area contributed by atoms with Gasteiger partial charge in [0.05, 0.1) is 16.3 Å². The molecule has 1 saturated heterocycles. The molecule has 3 rings (SSSR count). The highest BCUT2D eigenvalue weighted by Crippen LogP contribution is 2.32. The number of carbonyl (C=O) groups excluding carboxylic acids is 2. The summed E-state index contributed by atoms with van der Waals surface area (Å²) in [4.78, 5) is 41.0. The number of rotatable bonds is 5. The van der Waals surface area contributed by atoms with Crippen molar-refractivity contribution in [1.82, 2.24) is 4.90 Å². The molecule has 1 N–H and O–H groups in total. The fourth-order valence-corrected chi connectivity index (χ4v) is 3.71. The minimum absolute atomic E-state index is 0.0146. The summed E-state index contributed by atoms with van der Waals surface area (Å²) < 4.78 is 0. The Kier molecular flexibility index (Phi) is 6.65. The van der Waals surface area contributed by atoms with E-state index in [1.54, 1.807) is 35.2 Å². The second-order valence-electron chi connectivity index (χ2n) is 7.46. The van der Waals surface area contributed by atoms with Crippen molar-refractivity contribution in [2.24, 2.45) is 0 Å². The van der Waals surface area contributed by atoms with Gasteiger partial charge >= 0.3 is 0 Å². The Labute approximate surface area is 185 Å². The van der Waals surface area contributed by atoms with Gasteiger partial charge in [-0.1, -0.05) is 11.6 Å². The predicted octanol–water partition coefficient (Wildman–Crippen LogP) is 3.24. The van der Waals surface area contributed by atoms with Crippen molar-refractivity contribution in [3.63, 3.8) is 0 Å². The maximum atomic E-state index is 12.8. The van der Waals surface area contributed by atoms with Crippen LogP contribution < -0.4 is 15.1 Å². The molecule has 0 radical (unpaired) electrons.